The van der Waals surface area contributed by atoms with Crippen LogP contribution in [0.2, 0.25) is 0 Å². The molecule has 0 amide bonds. The van der Waals surface area contributed by atoms with Gasteiger partial charge < -0.3 is 4.74 Å². The predicted molar refractivity (Wildman–Crippen MR) is 162 cm³/mol. The molecule has 0 atom stereocenters. The number of nitrogens with zero attached hydrogens (tertiary/aromatic N) is 3. The molecule has 3 heterocycles. The van der Waals surface area contributed by atoms with Crippen molar-refractivity contribution < 1.29 is 4.74 Å². The molecular formula is C35H37N3O. The summed E-state index contributed by atoms with van der Waals surface area (Å²) in [6.45, 7) is 11.9. The maximum Gasteiger partial charge on any atom is 0.0811 e. The number of hydrogen-bond acceptors (Lipinski definition) is 4. The summed E-state index contributed by atoms with van der Waals surface area (Å²) >= 11 is 0. The molecule has 5 rings (SSSR count). The molecule has 0 aliphatic rings. The Morgan fingerprint density at radius 3 is 2.18 bits per heavy atom. The van der Waals surface area contributed by atoms with Crippen LogP contribution in [-0.2, 0) is 10.2 Å². The van der Waals surface area contributed by atoms with Crippen LogP contribution < -0.4 is 0 Å². The quantitative estimate of drug-likeness (QED) is 0.197. The summed E-state index contributed by atoms with van der Waals surface area (Å²) < 4.78 is 6.16. The summed E-state index contributed by atoms with van der Waals surface area (Å²) in [5.41, 5.74) is 8.14. The molecule has 2 aromatic carbocycles. The molecule has 0 saturated carbocycles. The first-order chi connectivity index (χ1) is 18.8. The molecule has 4 nitrogen and oxygen atoms in total. The van der Waals surface area contributed by atoms with Gasteiger partial charge in [-0.25, -0.2) is 4.98 Å². The van der Waals surface area contributed by atoms with E-state index >= 15 is 0 Å². The van der Waals surface area contributed by atoms with Crippen LogP contribution in [0.5, 0.6) is 0 Å². The Hall–Kier alpha value is -3.89. The molecule has 3 aromatic heterocycles. The first-order valence-corrected chi connectivity index (χ1v) is 13.8. The van der Waals surface area contributed by atoms with E-state index in [-0.39, 0.29) is 11.0 Å². The monoisotopic (exact) mass is 515 g/mol. The van der Waals surface area contributed by atoms with Crippen molar-refractivity contribution in [1.82, 2.24) is 15.0 Å². The van der Waals surface area contributed by atoms with Crippen LogP contribution in [-0.4, -0.2) is 27.2 Å². The van der Waals surface area contributed by atoms with Gasteiger partial charge in [0.05, 0.1) is 22.5 Å². The van der Waals surface area contributed by atoms with E-state index in [9.17, 15) is 0 Å². The SMILES string of the molecule is CCCOC(C)(C)CC(C)(C)c1ccc(-c2nc3ccnc(-c4cccnc4)c3cc2-c2ccccc2)cc1. The van der Waals surface area contributed by atoms with E-state index in [1.807, 2.05) is 36.7 Å². The molecule has 0 N–H and O–H groups in total. The van der Waals surface area contributed by atoms with Gasteiger partial charge in [-0.2, -0.15) is 0 Å². The van der Waals surface area contributed by atoms with E-state index in [0.717, 1.165) is 64.0 Å². The lowest BCUT2D eigenvalue weighted by molar-refractivity contribution is -0.0352. The normalized spacial score (nSPS) is 12.1. The highest BCUT2D eigenvalue weighted by atomic mass is 16.5. The van der Waals surface area contributed by atoms with Crippen LogP contribution in [0.25, 0.3) is 44.5 Å². The minimum atomic E-state index is -0.182. The summed E-state index contributed by atoms with van der Waals surface area (Å²) in [7, 11) is 0. The number of hydrogen-bond donors (Lipinski definition) is 0. The average molecular weight is 516 g/mol. The number of pyridine rings is 3. The molecule has 0 bridgehead atoms. The highest BCUT2D eigenvalue weighted by Gasteiger charge is 2.31. The van der Waals surface area contributed by atoms with E-state index in [2.05, 4.69) is 94.2 Å². The maximum atomic E-state index is 6.16. The van der Waals surface area contributed by atoms with Crippen molar-refractivity contribution >= 4 is 10.9 Å². The third-order valence-electron chi connectivity index (χ3n) is 7.27. The van der Waals surface area contributed by atoms with E-state index in [0.29, 0.717) is 0 Å². The number of ether oxygens (including phenoxy) is 1. The van der Waals surface area contributed by atoms with Crippen molar-refractivity contribution in [3.8, 4) is 33.6 Å². The molecule has 0 fully saturated rings. The van der Waals surface area contributed by atoms with Crippen LogP contribution in [0.15, 0.2) is 97.5 Å². The van der Waals surface area contributed by atoms with Gasteiger partial charge in [-0.1, -0.05) is 75.4 Å². The fourth-order valence-electron chi connectivity index (χ4n) is 5.56. The van der Waals surface area contributed by atoms with Crippen LogP contribution in [0, 0.1) is 0 Å². The van der Waals surface area contributed by atoms with Gasteiger partial charge in [-0.3, -0.25) is 9.97 Å². The van der Waals surface area contributed by atoms with E-state index in [4.69, 9.17) is 14.7 Å². The molecule has 5 aromatic rings. The van der Waals surface area contributed by atoms with Crippen molar-refractivity contribution in [1.29, 1.82) is 0 Å². The zero-order valence-electron chi connectivity index (χ0n) is 23.6. The second-order valence-electron chi connectivity index (χ2n) is 11.5. The molecule has 0 saturated heterocycles. The van der Waals surface area contributed by atoms with Crippen molar-refractivity contribution in [2.24, 2.45) is 0 Å². The molecule has 4 heteroatoms. The smallest absolute Gasteiger partial charge is 0.0811 e. The highest BCUT2D eigenvalue weighted by molar-refractivity contribution is 5.98. The summed E-state index contributed by atoms with van der Waals surface area (Å²) in [6, 6.07) is 27.6. The number of rotatable bonds is 9. The van der Waals surface area contributed by atoms with E-state index < -0.39 is 0 Å². The van der Waals surface area contributed by atoms with Gasteiger partial charge in [-0.15, -0.1) is 0 Å². The predicted octanol–water partition coefficient (Wildman–Crippen LogP) is 8.90. The van der Waals surface area contributed by atoms with Gasteiger partial charge in [0.15, 0.2) is 0 Å². The molecule has 0 unspecified atom stereocenters. The van der Waals surface area contributed by atoms with Crippen LogP contribution >= 0.6 is 0 Å². The first kappa shape index (κ1) is 26.7. The number of aromatic nitrogens is 3. The lowest BCUT2D eigenvalue weighted by Gasteiger charge is -2.35. The van der Waals surface area contributed by atoms with E-state index in [1.54, 1.807) is 6.20 Å². The minimum Gasteiger partial charge on any atom is -0.376 e. The van der Waals surface area contributed by atoms with Crippen LogP contribution in [0.3, 0.4) is 0 Å². The molecule has 39 heavy (non-hydrogen) atoms. The molecule has 198 valence electrons. The second-order valence-corrected chi connectivity index (χ2v) is 11.5. The molecular weight excluding hydrogens is 478 g/mol. The average Bonchev–Trinajstić information content (AvgIpc) is 2.95. The molecule has 0 spiro atoms. The van der Waals surface area contributed by atoms with Gasteiger partial charge in [0, 0.05) is 47.3 Å². The Labute approximate surface area is 232 Å². The first-order valence-electron chi connectivity index (χ1n) is 13.8. The maximum absolute atomic E-state index is 6.16. The van der Waals surface area contributed by atoms with Gasteiger partial charge in [-0.05, 0) is 67.5 Å². The van der Waals surface area contributed by atoms with Crippen molar-refractivity contribution in [3.05, 3.63) is 103 Å². The Balaban J connectivity index is 1.58. The van der Waals surface area contributed by atoms with Gasteiger partial charge >= 0.3 is 0 Å². The lowest BCUT2D eigenvalue weighted by Crippen LogP contribution is -2.34. The topological polar surface area (TPSA) is 47.9 Å². The van der Waals surface area contributed by atoms with Crippen molar-refractivity contribution in [3.63, 3.8) is 0 Å². The molecule has 0 aliphatic heterocycles. The fraction of sp³-hybridized carbons (Fsp3) is 0.286. The van der Waals surface area contributed by atoms with Crippen molar-refractivity contribution in [2.75, 3.05) is 6.61 Å². The van der Waals surface area contributed by atoms with Crippen LogP contribution in [0.1, 0.15) is 53.0 Å². The third kappa shape index (κ3) is 5.91. The second kappa shape index (κ2) is 11.1. The number of fused-ring (bicyclic) bond motifs is 1. The Bertz CT molecular complexity index is 1540. The zero-order chi connectivity index (χ0) is 27.5. The lowest BCUT2D eigenvalue weighted by atomic mass is 9.76. The van der Waals surface area contributed by atoms with E-state index in [1.165, 1.54) is 5.56 Å². The Kier molecular flexibility index (Phi) is 7.58. The highest BCUT2D eigenvalue weighted by Crippen LogP contribution is 2.38. The Morgan fingerprint density at radius 1 is 0.744 bits per heavy atom. The summed E-state index contributed by atoms with van der Waals surface area (Å²) in [6.07, 6.45) is 7.43. The summed E-state index contributed by atoms with van der Waals surface area (Å²) in [5, 5.41) is 1.01. The van der Waals surface area contributed by atoms with Crippen LogP contribution in [0.4, 0.5) is 0 Å². The number of benzene rings is 2. The third-order valence-corrected chi connectivity index (χ3v) is 7.27. The molecule has 0 radical (unpaired) electrons. The van der Waals surface area contributed by atoms with Gasteiger partial charge in [0.1, 0.15) is 0 Å². The largest absolute Gasteiger partial charge is 0.376 e. The molecule has 0 aliphatic carbocycles. The van der Waals surface area contributed by atoms with Crippen molar-refractivity contribution in [2.45, 2.75) is 58.5 Å². The zero-order valence-corrected chi connectivity index (χ0v) is 23.6. The minimum absolute atomic E-state index is 0.0286. The summed E-state index contributed by atoms with van der Waals surface area (Å²) in [4.78, 5) is 14.2. The Morgan fingerprint density at radius 2 is 1.49 bits per heavy atom. The van der Waals surface area contributed by atoms with Gasteiger partial charge in [0.2, 0.25) is 0 Å². The standard InChI is InChI=1S/C35H37N3O/c1-6-21-39-35(4,5)24-34(2,3)28-16-14-26(15-17-28)33-29(25-11-8-7-9-12-25)22-30-31(38-33)18-20-37-32(30)27-13-10-19-36-23-27/h7-20,22-23H,6,21,24H2,1-5H3. The summed E-state index contributed by atoms with van der Waals surface area (Å²) in [5.74, 6) is 0. The fourth-order valence-corrected chi connectivity index (χ4v) is 5.56. The van der Waals surface area contributed by atoms with Gasteiger partial charge in [0.25, 0.3) is 0 Å².